The second-order valence-electron chi connectivity index (χ2n) is 7.78. The quantitative estimate of drug-likeness (QED) is 0.641. The predicted molar refractivity (Wildman–Crippen MR) is 105 cm³/mol. The smallest absolute Gasteiger partial charge is 0.341 e. The van der Waals surface area contributed by atoms with Crippen LogP contribution in [0.2, 0.25) is 0 Å². The van der Waals surface area contributed by atoms with Gasteiger partial charge >= 0.3 is 11.9 Å². The normalized spacial score (nSPS) is 16.5. The Hall–Kier alpha value is -1.89. The molecule has 6 nitrogen and oxygen atoms in total. The minimum atomic E-state index is -0.922. The van der Waals surface area contributed by atoms with Gasteiger partial charge in [-0.05, 0) is 42.6 Å². The van der Waals surface area contributed by atoms with Crippen molar-refractivity contribution in [2.24, 2.45) is 11.3 Å². The molecule has 0 fully saturated rings. The number of amides is 1. The zero-order valence-corrected chi connectivity index (χ0v) is 17.3. The highest BCUT2D eigenvalue weighted by molar-refractivity contribution is 7.17. The maximum Gasteiger partial charge on any atom is 0.341 e. The molecule has 1 aliphatic rings. The molecule has 7 heteroatoms. The number of hydrogen-bond donors (Lipinski definition) is 2. The van der Waals surface area contributed by atoms with Crippen molar-refractivity contribution in [3.63, 3.8) is 0 Å². The Balaban J connectivity index is 2.22. The van der Waals surface area contributed by atoms with Gasteiger partial charge in [0.15, 0.2) is 0 Å². The summed E-state index contributed by atoms with van der Waals surface area (Å²) >= 11 is 1.45. The van der Waals surface area contributed by atoms with Crippen LogP contribution in [0.3, 0.4) is 0 Å². The molecule has 1 aliphatic carbocycles. The third-order valence-electron chi connectivity index (χ3n) is 5.72. The van der Waals surface area contributed by atoms with E-state index in [0.29, 0.717) is 16.5 Å². The third-order valence-corrected chi connectivity index (χ3v) is 6.89. The highest BCUT2D eigenvalue weighted by Crippen LogP contribution is 2.45. The third kappa shape index (κ3) is 5.09. The Bertz CT molecular complexity index is 722. The van der Waals surface area contributed by atoms with Gasteiger partial charge in [0.05, 0.1) is 12.7 Å². The van der Waals surface area contributed by atoms with Crippen molar-refractivity contribution in [1.29, 1.82) is 0 Å². The summed E-state index contributed by atoms with van der Waals surface area (Å²) in [7, 11) is 1.34. The molecule has 0 bridgehead atoms. The van der Waals surface area contributed by atoms with Gasteiger partial charge < -0.3 is 15.2 Å². The highest BCUT2D eigenvalue weighted by Gasteiger charge is 2.35. The lowest BCUT2D eigenvalue weighted by atomic mass is 9.69. The number of carbonyl (C=O) groups is 3. The van der Waals surface area contributed by atoms with Crippen LogP contribution in [0.5, 0.6) is 0 Å². The van der Waals surface area contributed by atoms with E-state index in [4.69, 9.17) is 9.84 Å². The van der Waals surface area contributed by atoms with Crippen molar-refractivity contribution in [3.8, 4) is 0 Å². The lowest BCUT2D eigenvalue weighted by Gasteiger charge is -2.36. The average molecular weight is 396 g/mol. The molecule has 2 rings (SSSR count). The van der Waals surface area contributed by atoms with Crippen molar-refractivity contribution in [3.05, 3.63) is 16.0 Å². The van der Waals surface area contributed by atoms with Crippen LogP contribution in [0.15, 0.2) is 0 Å². The number of esters is 1. The first-order valence-corrected chi connectivity index (χ1v) is 10.3. The fraction of sp³-hybridized carbons (Fsp3) is 0.650. The van der Waals surface area contributed by atoms with Crippen LogP contribution in [-0.2, 0) is 27.2 Å². The van der Waals surface area contributed by atoms with Crippen molar-refractivity contribution in [1.82, 2.24) is 0 Å². The number of carbonyl (C=O) groups excluding carboxylic acids is 2. The van der Waals surface area contributed by atoms with Crippen LogP contribution in [-0.4, -0.2) is 30.1 Å². The number of anilines is 1. The van der Waals surface area contributed by atoms with Crippen LogP contribution in [0.4, 0.5) is 5.00 Å². The molecule has 0 radical (unpaired) electrons. The zero-order valence-electron chi connectivity index (χ0n) is 16.5. The zero-order chi connectivity index (χ0) is 20.2. The number of hydrogen-bond acceptors (Lipinski definition) is 5. The molecule has 0 aromatic carbocycles. The number of carboxylic acids is 1. The summed E-state index contributed by atoms with van der Waals surface area (Å²) < 4.78 is 4.95. The van der Waals surface area contributed by atoms with Gasteiger partial charge in [-0.1, -0.05) is 27.2 Å². The SMILES string of the molecule is CCC(C)(C)[C@H]1CCc2c(sc(NC(=O)CCCC(=O)O)c2C(=O)OC)C1. The maximum absolute atomic E-state index is 12.3. The molecule has 1 aromatic rings. The molecule has 150 valence electrons. The lowest BCUT2D eigenvalue weighted by Crippen LogP contribution is -2.28. The van der Waals surface area contributed by atoms with E-state index in [0.717, 1.165) is 36.1 Å². The Morgan fingerprint density at radius 1 is 1.30 bits per heavy atom. The number of ether oxygens (including phenoxy) is 1. The first-order chi connectivity index (χ1) is 12.7. The molecule has 0 aliphatic heterocycles. The monoisotopic (exact) mass is 395 g/mol. The molecular weight excluding hydrogens is 366 g/mol. The molecule has 1 heterocycles. The van der Waals surface area contributed by atoms with Crippen LogP contribution in [0.1, 0.15) is 73.7 Å². The molecule has 1 amide bonds. The second-order valence-corrected chi connectivity index (χ2v) is 8.88. The summed E-state index contributed by atoms with van der Waals surface area (Å²) in [5, 5.41) is 12.0. The summed E-state index contributed by atoms with van der Waals surface area (Å²) in [4.78, 5) is 36.3. The largest absolute Gasteiger partial charge is 0.481 e. The van der Waals surface area contributed by atoms with Gasteiger partial charge in [-0.25, -0.2) is 4.79 Å². The Kier molecular flexibility index (Phi) is 7.03. The number of methoxy groups -OCH3 is 1. The number of rotatable bonds is 8. The van der Waals surface area contributed by atoms with Crippen LogP contribution >= 0.6 is 11.3 Å². The van der Waals surface area contributed by atoms with Gasteiger partial charge in [-0.15, -0.1) is 11.3 Å². The Morgan fingerprint density at radius 3 is 2.59 bits per heavy atom. The molecule has 0 spiro atoms. The summed E-state index contributed by atoms with van der Waals surface area (Å²) in [6.45, 7) is 6.76. The molecule has 0 saturated carbocycles. The number of nitrogens with one attached hydrogen (secondary N) is 1. The molecule has 1 atom stereocenters. The van der Waals surface area contributed by atoms with E-state index < -0.39 is 11.9 Å². The molecule has 0 saturated heterocycles. The molecule has 1 aromatic heterocycles. The van der Waals surface area contributed by atoms with Gasteiger partial charge in [-0.3, -0.25) is 9.59 Å². The van der Waals surface area contributed by atoms with Crippen LogP contribution in [0, 0.1) is 11.3 Å². The Labute approximate surface area is 164 Å². The number of thiophene rings is 1. The van der Waals surface area contributed by atoms with E-state index in [2.05, 4.69) is 26.1 Å². The summed E-state index contributed by atoms with van der Waals surface area (Å²) in [5.41, 5.74) is 1.69. The standard InChI is InChI=1S/C20H29NO5S/c1-5-20(2,3)12-9-10-13-14(11-12)27-18(17(13)19(25)26-4)21-15(22)7-6-8-16(23)24/h12H,5-11H2,1-4H3,(H,21,22)(H,23,24)/t12-/m0/s1. The molecular formula is C20H29NO5S. The minimum Gasteiger partial charge on any atom is -0.481 e. The van der Waals surface area contributed by atoms with Gasteiger partial charge in [0.1, 0.15) is 5.00 Å². The van der Waals surface area contributed by atoms with E-state index in [-0.39, 0.29) is 30.6 Å². The van der Waals surface area contributed by atoms with E-state index in [1.165, 1.54) is 18.4 Å². The second kappa shape index (κ2) is 8.87. The number of aliphatic carboxylic acids is 1. The van der Waals surface area contributed by atoms with Crippen LogP contribution < -0.4 is 5.32 Å². The molecule has 0 unspecified atom stereocenters. The molecule has 2 N–H and O–H groups in total. The summed E-state index contributed by atoms with van der Waals surface area (Å²) in [6.07, 6.45) is 4.15. The number of fused-ring (bicyclic) bond motifs is 1. The van der Waals surface area contributed by atoms with Crippen molar-refractivity contribution < 1.29 is 24.2 Å². The molecule has 27 heavy (non-hydrogen) atoms. The van der Waals surface area contributed by atoms with E-state index in [1.54, 1.807) is 0 Å². The van der Waals surface area contributed by atoms with E-state index in [1.807, 2.05) is 0 Å². The summed E-state index contributed by atoms with van der Waals surface area (Å²) in [6, 6.07) is 0. The van der Waals surface area contributed by atoms with E-state index in [9.17, 15) is 14.4 Å². The topological polar surface area (TPSA) is 92.7 Å². The van der Waals surface area contributed by atoms with E-state index >= 15 is 0 Å². The first kappa shape index (κ1) is 21.4. The Morgan fingerprint density at radius 2 is 2.00 bits per heavy atom. The van der Waals surface area contributed by atoms with Gasteiger partial charge in [0.25, 0.3) is 0 Å². The average Bonchev–Trinajstić information content (AvgIpc) is 2.97. The number of carboxylic acid groups (broad SMARTS) is 1. The highest BCUT2D eigenvalue weighted by atomic mass is 32.1. The van der Waals surface area contributed by atoms with Gasteiger partial charge in [0.2, 0.25) is 5.91 Å². The summed E-state index contributed by atoms with van der Waals surface area (Å²) in [5.74, 6) is -1.08. The fourth-order valence-electron chi connectivity index (χ4n) is 3.54. The van der Waals surface area contributed by atoms with Crippen molar-refractivity contribution in [2.45, 2.75) is 65.7 Å². The predicted octanol–water partition coefficient (Wildman–Crippen LogP) is 4.27. The van der Waals surface area contributed by atoms with Crippen molar-refractivity contribution in [2.75, 3.05) is 12.4 Å². The lowest BCUT2D eigenvalue weighted by molar-refractivity contribution is -0.137. The van der Waals surface area contributed by atoms with Crippen molar-refractivity contribution >= 4 is 34.2 Å². The maximum atomic E-state index is 12.3. The fourth-order valence-corrected chi connectivity index (χ4v) is 4.87. The van der Waals surface area contributed by atoms with Crippen LogP contribution in [0.25, 0.3) is 0 Å². The van der Waals surface area contributed by atoms with Gasteiger partial charge in [0, 0.05) is 17.7 Å². The van der Waals surface area contributed by atoms with Gasteiger partial charge in [-0.2, -0.15) is 0 Å². The minimum absolute atomic E-state index is 0.0496. The first-order valence-electron chi connectivity index (χ1n) is 9.44.